The predicted octanol–water partition coefficient (Wildman–Crippen LogP) is -1.03. The van der Waals surface area contributed by atoms with E-state index in [9.17, 15) is 15.3 Å². The molecule has 1 aromatic heterocycles. The lowest BCUT2D eigenvalue weighted by molar-refractivity contribution is -0.0855. The summed E-state index contributed by atoms with van der Waals surface area (Å²) in [5.41, 5.74) is 4.45. The highest BCUT2D eigenvalue weighted by molar-refractivity contribution is 6.30. The van der Waals surface area contributed by atoms with Crippen LogP contribution in [0.25, 0.3) is 5.70 Å². The number of aliphatic hydroxyl groups is 3. The van der Waals surface area contributed by atoms with Crippen molar-refractivity contribution >= 4 is 29.1 Å². The molecule has 128 valence electrons. The smallest absolute Gasteiger partial charge is 0.200 e. The fraction of sp³-hybridized carbons (Fsp3) is 0.429. The zero-order chi connectivity index (χ0) is 17.6. The van der Waals surface area contributed by atoms with Crippen LogP contribution < -0.4 is 11.1 Å². The molecule has 0 bridgehead atoms. The van der Waals surface area contributed by atoms with Gasteiger partial charge in [0, 0.05) is 5.38 Å². The number of aliphatic imine (C=N–C) groups is 1. The van der Waals surface area contributed by atoms with Gasteiger partial charge < -0.3 is 31.1 Å². The minimum absolute atomic E-state index is 0.0897. The van der Waals surface area contributed by atoms with Crippen LogP contribution >= 0.6 is 11.6 Å². The molecule has 0 aliphatic carbocycles. The van der Waals surface area contributed by atoms with Crippen molar-refractivity contribution in [2.45, 2.75) is 37.1 Å². The standard InChI is InChI=1S/C14H16ClN5O4/c1-6-8-11(19-13(16)18-6)20(5-17-8)12-14(23,3-4-15)10(22)9(24-12)7(2)21/h5,7,9-10,12,21-23H,1H2,2H3,(H3,16,18,19)/t7-,9?,10?,12+,14+/m0/s1. The number of nitrogens with two attached hydrogens (primary N) is 1. The van der Waals surface area contributed by atoms with Crippen LogP contribution in [0.1, 0.15) is 18.8 Å². The third kappa shape index (κ3) is 2.36. The Labute approximate surface area is 142 Å². The summed E-state index contributed by atoms with van der Waals surface area (Å²) in [5, 5.41) is 35.8. The topological polar surface area (TPSA) is 138 Å². The lowest BCUT2D eigenvalue weighted by Crippen LogP contribution is -2.47. The van der Waals surface area contributed by atoms with E-state index >= 15 is 0 Å². The second kappa shape index (κ2) is 5.77. The summed E-state index contributed by atoms with van der Waals surface area (Å²) in [5.74, 6) is 2.70. The summed E-state index contributed by atoms with van der Waals surface area (Å²) in [6.07, 6.45) is -3.50. The molecule has 1 saturated heterocycles. The van der Waals surface area contributed by atoms with Crippen LogP contribution in [0.15, 0.2) is 17.9 Å². The Morgan fingerprint density at radius 2 is 2.33 bits per heavy atom. The molecule has 9 nitrogen and oxygen atoms in total. The summed E-state index contributed by atoms with van der Waals surface area (Å²) >= 11 is 5.43. The van der Waals surface area contributed by atoms with Gasteiger partial charge in [-0.2, -0.15) is 4.99 Å². The summed E-state index contributed by atoms with van der Waals surface area (Å²) in [6, 6.07) is 0. The van der Waals surface area contributed by atoms with E-state index in [1.54, 1.807) is 0 Å². The monoisotopic (exact) mass is 353 g/mol. The van der Waals surface area contributed by atoms with Gasteiger partial charge in [-0.25, -0.2) is 4.98 Å². The molecule has 3 rings (SSSR count). The van der Waals surface area contributed by atoms with Crippen LogP contribution in [0.2, 0.25) is 0 Å². The number of halogens is 1. The first-order valence-corrected chi connectivity index (χ1v) is 7.41. The molecule has 0 saturated carbocycles. The first-order valence-electron chi connectivity index (χ1n) is 7.03. The molecule has 0 radical (unpaired) electrons. The molecular formula is C14H16ClN5O4. The zero-order valence-electron chi connectivity index (χ0n) is 12.6. The van der Waals surface area contributed by atoms with Crippen molar-refractivity contribution in [2.75, 3.05) is 0 Å². The Hall–Kier alpha value is -2.09. The number of guanidine groups is 1. The molecule has 24 heavy (non-hydrogen) atoms. The van der Waals surface area contributed by atoms with Gasteiger partial charge in [0.05, 0.1) is 18.1 Å². The minimum atomic E-state index is -2.08. The van der Waals surface area contributed by atoms with E-state index in [2.05, 4.69) is 33.2 Å². The average molecular weight is 354 g/mol. The number of ether oxygens (including phenoxy) is 1. The second-order valence-electron chi connectivity index (χ2n) is 5.61. The maximum atomic E-state index is 10.8. The summed E-state index contributed by atoms with van der Waals surface area (Å²) < 4.78 is 7.00. The molecule has 1 aromatic rings. The lowest BCUT2D eigenvalue weighted by Gasteiger charge is -2.27. The summed E-state index contributed by atoms with van der Waals surface area (Å²) in [7, 11) is 0. The molecule has 2 unspecified atom stereocenters. The summed E-state index contributed by atoms with van der Waals surface area (Å²) in [4.78, 5) is 8.29. The first kappa shape index (κ1) is 16.8. The maximum Gasteiger partial charge on any atom is 0.200 e. The molecule has 0 spiro atoms. The number of imidazole rings is 1. The normalized spacial score (nSPS) is 33.1. The van der Waals surface area contributed by atoms with Crippen LogP contribution in [0.5, 0.6) is 0 Å². The number of nitrogens with zero attached hydrogens (tertiary/aromatic N) is 3. The van der Waals surface area contributed by atoms with Gasteiger partial charge >= 0.3 is 0 Å². The van der Waals surface area contributed by atoms with Crippen molar-refractivity contribution in [1.29, 1.82) is 0 Å². The predicted molar refractivity (Wildman–Crippen MR) is 85.9 cm³/mol. The molecule has 6 N–H and O–H groups in total. The van der Waals surface area contributed by atoms with Gasteiger partial charge in [-0.3, -0.25) is 4.57 Å². The largest absolute Gasteiger partial charge is 0.391 e. The van der Waals surface area contributed by atoms with Crippen LogP contribution in [0.4, 0.5) is 5.82 Å². The fourth-order valence-electron chi connectivity index (χ4n) is 2.80. The van der Waals surface area contributed by atoms with E-state index < -0.39 is 30.1 Å². The molecule has 2 aliphatic rings. The number of fused-ring (bicyclic) bond motifs is 1. The SMILES string of the molecule is C=C1NC(N)=Nc2c1ncn2[C@@H]1OC([C@H](C)O)C(O)[C@]1(O)C#CCl. The molecule has 0 amide bonds. The highest BCUT2D eigenvalue weighted by Gasteiger charge is 2.57. The molecule has 1 fully saturated rings. The minimum Gasteiger partial charge on any atom is -0.391 e. The Balaban J connectivity index is 2.12. The van der Waals surface area contributed by atoms with Crippen LogP contribution in [0.3, 0.4) is 0 Å². The number of rotatable bonds is 2. The van der Waals surface area contributed by atoms with Gasteiger partial charge in [-0.1, -0.05) is 6.58 Å². The zero-order valence-corrected chi connectivity index (χ0v) is 13.4. The highest BCUT2D eigenvalue weighted by atomic mass is 35.5. The lowest BCUT2D eigenvalue weighted by atomic mass is 9.93. The first-order chi connectivity index (χ1) is 11.3. The Morgan fingerprint density at radius 3 is 2.96 bits per heavy atom. The van der Waals surface area contributed by atoms with Gasteiger partial charge in [-0.05, 0) is 24.4 Å². The molecular weight excluding hydrogens is 338 g/mol. The Bertz CT molecular complexity index is 780. The average Bonchev–Trinajstić information content (AvgIpc) is 3.00. The number of aromatic nitrogens is 2. The van der Waals surface area contributed by atoms with E-state index in [0.717, 1.165) is 0 Å². The number of aliphatic hydroxyl groups excluding tert-OH is 2. The second-order valence-corrected chi connectivity index (χ2v) is 5.80. The van der Waals surface area contributed by atoms with Crippen LogP contribution in [-0.4, -0.2) is 54.7 Å². The van der Waals surface area contributed by atoms with Crippen LogP contribution in [0, 0.1) is 11.3 Å². The molecule has 3 heterocycles. The number of hydrogen-bond acceptors (Lipinski definition) is 8. The van der Waals surface area contributed by atoms with E-state index in [-0.39, 0.29) is 11.8 Å². The Kier molecular flexibility index (Phi) is 4.03. The van der Waals surface area contributed by atoms with Crippen molar-refractivity contribution < 1.29 is 20.1 Å². The highest BCUT2D eigenvalue weighted by Crippen LogP contribution is 2.42. The molecule has 0 aromatic carbocycles. The van der Waals surface area contributed by atoms with E-state index in [1.807, 2.05) is 0 Å². The van der Waals surface area contributed by atoms with E-state index in [0.29, 0.717) is 11.4 Å². The molecule has 2 aliphatic heterocycles. The number of hydrogen-bond donors (Lipinski definition) is 5. The van der Waals surface area contributed by atoms with Crippen molar-refractivity contribution in [3.8, 4) is 11.3 Å². The van der Waals surface area contributed by atoms with Crippen molar-refractivity contribution in [2.24, 2.45) is 10.7 Å². The van der Waals surface area contributed by atoms with Gasteiger partial charge in [0.2, 0.25) is 5.60 Å². The molecule has 5 atom stereocenters. The number of nitrogens with one attached hydrogen (secondary N) is 1. The quantitative estimate of drug-likeness (QED) is 0.429. The van der Waals surface area contributed by atoms with Crippen molar-refractivity contribution in [3.63, 3.8) is 0 Å². The van der Waals surface area contributed by atoms with Gasteiger partial charge in [0.25, 0.3) is 0 Å². The van der Waals surface area contributed by atoms with Crippen LogP contribution in [-0.2, 0) is 4.74 Å². The molecule has 10 heteroatoms. The van der Waals surface area contributed by atoms with Crippen molar-refractivity contribution in [3.05, 3.63) is 18.6 Å². The third-order valence-corrected chi connectivity index (χ3v) is 4.05. The fourth-order valence-corrected chi connectivity index (χ4v) is 2.95. The van der Waals surface area contributed by atoms with E-state index in [1.165, 1.54) is 17.8 Å². The maximum absolute atomic E-state index is 10.8. The Morgan fingerprint density at radius 1 is 1.62 bits per heavy atom. The summed E-state index contributed by atoms with van der Waals surface area (Å²) in [6.45, 7) is 5.21. The van der Waals surface area contributed by atoms with Gasteiger partial charge in [-0.15, -0.1) is 0 Å². The van der Waals surface area contributed by atoms with E-state index in [4.69, 9.17) is 22.1 Å². The van der Waals surface area contributed by atoms with Gasteiger partial charge in [0.1, 0.15) is 17.9 Å². The van der Waals surface area contributed by atoms with Crippen molar-refractivity contribution in [1.82, 2.24) is 14.9 Å². The third-order valence-electron chi connectivity index (χ3n) is 3.96. The van der Waals surface area contributed by atoms with Gasteiger partial charge in [0.15, 0.2) is 18.0 Å².